The molecule has 1 amide bonds. The fraction of sp³-hybridized carbons (Fsp3) is 0.938. The maximum absolute atomic E-state index is 12.1. The first-order valence-corrected chi connectivity index (χ1v) is 8.59. The number of rotatable bonds is 6. The molecule has 0 bridgehead atoms. The molecule has 1 aliphatic carbocycles. The van der Waals surface area contributed by atoms with Crippen LogP contribution in [-0.2, 0) is 4.79 Å². The van der Waals surface area contributed by atoms with E-state index in [1.54, 1.807) is 0 Å². The van der Waals surface area contributed by atoms with Crippen LogP contribution in [-0.4, -0.2) is 72.2 Å². The van der Waals surface area contributed by atoms with Crippen LogP contribution in [0.1, 0.15) is 45.4 Å². The lowest BCUT2D eigenvalue weighted by Crippen LogP contribution is -2.53. The van der Waals surface area contributed by atoms with Crippen LogP contribution in [0.25, 0.3) is 0 Å². The Hall–Kier alpha value is -0.650. The number of carbonyl (C=O) groups excluding carboxylic acids is 1. The summed E-state index contributed by atoms with van der Waals surface area (Å²) in [5.41, 5.74) is 0. The molecule has 1 saturated heterocycles. The lowest BCUT2D eigenvalue weighted by molar-refractivity contribution is -0.123. The van der Waals surface area contributed by atoms with Gasteiger partial charge in [0, 0.05) is 38.3 Å². The van der Waals surface area contributed by atoms with Gasteiger partial charge in [0.05, 0.1) is 13.2 Å². The average molecular weight is 297 g/mol. The molecule has 1 saturated carbocycles. The number of hydrogen-bond acceptors (Lipinski definition) is 4. The van der Waals surface area contributed by atoms with Crippen molar-refractivity contribution < 1.29 is 9.90 Å². The summed E-state index contributed by atoms with van der Waals surface area (Å²) >= 11 is 0. The summed E-state index contributed by atoms with van der Waals surface area (Å²) in [6, 6.07) is 0.689. The minimum absolute atomic E-state index is 0.185. The monoisotopic (exact) mass is 297 g/mol. The second kappa shape index (κ2) is 8.71. The van der Waals surface area contributed by atoms with Gasteiger partial charge in [-0.3, -0.25) is 14.6 Å². The zero-order valence-electron chi connectivity index (χ0n) is 13.4. The number of hydrogen-bond donors (Lipinski definition) is 2. The molecular weight excluding hydrogens is 266 g/mol. The first kappa shape index (κ1) is 16.7. The van der Waals surface area contributed by atoms with Gasteiger partial charge >= 0.3 is 0 Å². The largest absolute Gasteiger partial charge is 0.395 e. The molecule has 2 fully saturated rings. The van der Waals surface area contributed by atoms with E-state index >= 15 is 0 Å². The van der Waals surface area contributed by atoms with Crippen LogP contribution in [0.3, 0.4) is 0 Å². The molecule has 5 heteroatoms. The Labute approximate surface area is 128 Å². The van der Waals surface area contributed by atoms with Crippen LogP contribution in [0.2, 0.25) is 0 Å². The van der Waals surface area contributed by atoms with Crippen LogP contribution < -0.4 is 5.32 Å². The summed E-state index contributed by atoms with van der Waals surface area (Å²) in [6.07, 6.45) is 7.10. The first-order valence-electron chi connectivity index (χ1n) is 8.59. The van der Waals surface area contributed by atoms with E-state index in [-0.39, 0.29) is 18.6 Å². The third-order valence-electron chi connectivity index (χ3n) is 4.94. The van der Waals surface area contributed by atoms with E-state index < -0.39 is 0 Å². The van der Waals surface area contributed by atoms with E-state index in [4.69, 9.17) is 0 Å². The highest BCUT2D eigenvalue weighted by Crippen LogP contribution is 2.17. The highest BCUT2D eigenvalue weighted by Gasteiger charge is 2.24. The molecular formula is C16H31N3O2. The summed E-state index contributed by atoms with van der Waals surface area (Å²) in [5.74, 6) is 0.185. The third-order valence-corrected chi connectivity index (χ3v) is 4.94. The molecule has 2 N–H and O–H groups in total. The summed E-state index contributed by atoms with van der Waals surface area (Å²) in [6.45, 7) is 6.64. The van der Waals surface area contributed by atoms with E-state index in [9.17, 15) is 9.90 Å². The van der Waals surface area contributed by atoms with Gasteiger partial charge in [-0.05, 0) is 19.3 Å². The molecule has 1 aliphatic heterocycles. The van der Waals surface area contributed by atoms with Crippen molar-refractivity contribution in [1.29, 1.82) is 0 Å². The predicted octanol–water partition coefficient (Wildman–Crippen LogP) is 0.824. The normalized spacial score (nSPS) is 23.9. The second-order valence-electron chi connectivity index (χ2n) is 6.46. The van der Waals surface area contributed by atoms with Crippen molar-refractivity contribution >= 4 is 5.91 Å². The zero-order valence-corrected chi connectivity index (χ0v) is 13.4. The zero-order chi connectivity index (χ0) is 15.1. The quantitative estimate of drug-likeness (QED) is 0.762. The Morgan fingerprint density at radius 1 is 1.19 bits per heavy atom. The van der Waals surface area contributed by atoms with Crippen molar-refractivity contribution in [1.82, 2.24) is 15.1 Å². The summed E-state index contributed by atoms with van der Waals surface area (Å²) in [5, 5.41) is 12.5. The van der Waals surface area contributed by atoms with Crippen LogP contribution in [0.4, 0.5) is 0 Å². The molecule has 1 heterocycles. The molecule has 5 nitrogen and oxygen atoms in total. The highest BCUT2D eigenvalue weighted by molar-refractivity contribution is 5.78. The van der Waals surface area contributed by atoms with Gasteiger partial charge in [-0.2, -0.15) is 0 Å². The van der Waals surface area contributed by atoms with Crippen molar-refractivity contribution in [3.05, 3.63) is 0 Å². The van der Waals surface area contributed by atoms with Crippen molar-refractivity contribution in [2.75, 3.05) is 39.3 Å². The van der Waals surface area contributed by atoms with E-state index in [0.29, 0.717) is 12.6 Å². The van der Waals surface area contributed by atoms with Crippen molar-refractivity contribution in [3.8, 4) is 0 Å². The first-order chi connectivity index (χ1) is 10.2. The number of nitrogens with one attached hydrogen (secondary N) is 1. The van der Waals surface area contributed by atoms with E-state index in [1.165, 1.54) is 19.3 Å². The van der Waals surface area contributed by atoms with Gasteiger partial charge < -0.3 is 10.4 Å². The number of amides is 1. The van der Waals surface area contributed by atoms with E-state index in [0.717, 1.165) is 45.4 Å². The lowest BCUT2D eigenvalue weighted by atomic mass is 9.95. The van der Waals surface area contributed by atoms with Crippen molar-refractivity contribution in [2.45, 2.75) is 57.5 Å². The lowest BCUT2D eigenvalue weighted by Gasteiger charge is -2.38. The van der Waals surface area contributed by atoms with Gasteiger partial charge in [-0.1, -0.05) is 26.2 Å². The standard InChI is InChI=1S/C16H31N3O2/c1-2-15(13-20)19-10-8-18(9-11-19)12-16(21)17-14-6-4-3-5-7-14/h14-15,20H,2-13H2,1H3,(H,17,21). The molecule has 122 valence electrons. The fourth-order valence-electron chi connectivity index (χ4n) is 3.51. The Balaban J connectivity index is 1.66. The van der Waals surface area contributed by atoms with E-state index in [2.05, 4.69) is 22.0 Å². The topological polar surface area (TPSA) is 55.8 Å². The number of carbonyl (C=O) groups is 1. The highest BCUT2D eigenvalue weighted by atomic mass is 16.3. The SMILES string of the molecule is CCC(CO)N1CCN(CC(=O)NC2CCCCC2)CC1. The molecule has 0 spiro atoms. The number of nitrogens with zero attached hydrogens (tertiary/aromatic N) is 2. The van der Waals surface area contributed by atoms with Crippen molar-refractivity contribution in [2.24, 2.45) is 0 Å². The maximum Gasteiger partial charge on any atom is 0.234 e. The van der Waals surface area contributed by atoms with Gasteiger partial charge in [0.15, 0.2) is 0 Å². The van der Waals surface area contributed by atoms with Gasteiger partial charge in [0.2, 0.25) is 5.91 Å². The second-order valence-corrected chi connectivity index (χ2v) is 6.46. The number of piperazine rings is 1. The molecule has 2 rings (SSSR count). The van der Waals surface area contributed by atoms with Gasteiger partial charge in [0.25, 0.3) is 0 Å². The van der Waals surface area contributed by atoms with Gasteiger partial charge in [-0.25, -0.2) is 0 Å². The Bertz CT molecular complexity index is 307. The van der Waals surface area contributed by atoms with Crippen molar-refractivity contribution in [3.63, 3.8) is 0 Å². The molecule has 2 aliphatic rings. The Kier molecular flexibility index (Phi) is 6.93. The molecule has 0 aromatic heterocycles. The van der Waals surface area contributed by atoms with Crippen LogP contribution in [0, 0.1) is 0 Å². The average Bonchev–Trinajstić information content (AvgIpc) is 2.51. The molecule has 0 radical (unpaired) electrons. The summed E-state index contributed by atoms with van der Waals surface area (Å²) in [4.78, 5) is 16.7. The van der Waals surface area contributed by atoms with E-state index in [1.807, 2.05) is 0 Å². The minimum atomic E-state index is 0.185. The summed E-state index contributed by atoms with van der Waals surface area (Å²) in [7, 11) is 0. The maximum atomic E-state index is 12.1. The van der Waals surface area contributed by atoms with Crippen LogP contribution >= 0.6 is 0 Å². The minimum Gasteiger partial charge on any atom is -0.395 e. The predicted molar refractivity (Wildman–Crippen MR) is 84.2 cm³/mol. The number of aliphatic hydroxyl groups excluding tert-OH is 1. The van der Waals surface area contributed by atoms with Gasteiger partial charge in [-0.15, -0.1) is 0 Å². The fourth-order valence-corrected chi connectivity index (χ4v) is 3.51. The smallest absolute Gasteiger partial charge is 0.234 e. The molecule has 21 heavy (non-hydrogen) atoms. The van der Waals surface area contributed by atoms with Crippen LogP contribution in [0.15, 0.2) is 0 Å². The van der Waals surface area contributed by atoms with Gasteiger partial charge in [0.1, 0.15) is 0 Å². The number of aliphatic hydroxyl groups is 1. The molecule has 1 unspecified atom stereocenters. The van der Waals surface area contributed by atoms with Crippen LogP contribution in [0.5, 0.6) is 0 Å². The molecule has 1 atom stereocenters. The Morgan fingerprint density at radius 3 is 2.43 bits per heavy atom. The Morgan fingerprint density at radius 2 is 1.86 bits per heavy atom. The molecule has 0 aromatic rings. The molecule has 0 aromatic carbocycles. The third kappa shape index (κ3) is 5.24. The summed E-state index contributed by atoms with van der Waals surface area (Å²) < 4.78 is 0.